The number of urea groups is 1. The minimum absolute atomic E-state index is 0.0657. The molecule has 3 rings (SSSR count). The molecule has 140 valence electrons. The molecule has 7 heteroatoms. The van der Waals surface area contributed by atoms with Crippen LogP contribution in [0.3, 0.4) is 0 Å². The summed E-state index contributed by atoms with van der Waals surface area (Å²) >= 11 is 0. The van der Waals surface area contributed by atoms with Crippen LogP contribution in [-0.2, 0) is 14.3 Å². The van der Waals surface area contributed by atoms with Crippen LogP contribution in [0.1, 0.15) is 52.4 Å². The summed E-state index contributed by atoms with van der Waals surface area (Å²) in [6, 6.07) is -0.272. The minimum atomic E-state index is -0.696. The zero-order chi connectivity index (χ0) is 18.0. The summed E-state index contributed by atoms with van der Waals surface area (Å²) in [5, 5.41) is 2.99. The van der Waals surface area contributed by atoms with Crippen LogP contribution >= 0.6 is 0 Å². The van der Waals surface area contributed by atoms with Gasteiger partial charge in [-0.15, -0.1) is 0 Å². The Bertz CT molecular complexity index is 544. The Balaban J connectivity index is 1.58. The number of carbonyl (C=O) groups is 3. The van der Waals surface area contributed by atoms with Crippen molar-refractivity contribution in [3.05, 3.63) is 0 Å². The number of amides is 3. The van der Waals surface area contributed by atoms with E-state index in [0.29, 0.717) is 39.2 Å². The first-order valence-electron chi connectivity index (χ1n) is 9.51. The highest BCUT2D eigenvalue weighted by Crippen LogP contribution is 2.38. The van der Waals surface area contributed by atoms with Crippen LogP contribution in [-0.4, -0.2) is 59.6 Å². The molecule has 2 heterocycles. The van der Waals surface area contributed by atoms with Gasteiger partial charge in [-0.25, -0.2) is 9.69 Å². The van der Waals surface area contributed by atoms with Gasteiger partial charge in [0.05, 0.1) is 19.2 Å². The van der Waals surface area contributed by atoms with Crippen molar-refractivity contribution in [3.8, 4) is 0 Å². The molecule has 0 aromatic rings. The molecule has 2 unspecified atom stereocenters. The summed E-state index contributed by atoms with van der Waals surface area (Å²) < 4.78 is 5.09. The van der Waals surface area contributed by atoms with Crippen LogP contribution in [0.2, 0.25) is 0 Å². The average Bonchev–Trinajstić information content (AvgIpc) is 2.83. The molecule has 0 bridgehead atoms. The number of rotatable bonds is 4. The molecule has 1 spiro atoms. The highest BCUT2D eigenvalue weighted by Gasteiger charge is 2.55. The second-order valence-electron chi connectivity index (χ2n) is 7.57. The van der Waals surface area contributed by atoms with Crippen molar-refractivity contribution >= 4 is 17.9 Å². The summed E-state index contributed by atoms with van der Waals surface area (Å²) in [5.41, 5.74) is -0.696. The monoisotopic (exact) mass is 351 g/mol. The summed E-state index contributed by atoms with van der Waals surface area (Å²) in [7, 11) is 0. The summed E-state index contributed by atoms with van der Waals surface area (Å²) in [6.45, 7) is 5.99. The first-order chi connectivity index (χ1) is 12.0. The Morgan fingerprint density at radius 2 is 1.96 bits per heavy atom. The molecule has 1 N–H and O–H groups in total. The lowest BCUT2D eigenvalue weighted by Gasteiger charge is -2.37. The molecule has 3 fully saturated rings. The van der Waals surface area contributed by atoms with Crippen LogP contribution in [0.4, 0.5) is 4.79 Å². The van der Waals surface area contributed by atoms with Gasteiger partial charge in [-0.3, -0.25) is 14.5 Å². The Labute approximate surface area is 149 Å². The quantitative estimate of drug-likeness (QED) is 0.616. The van der Waals surface area contributed by atoms with Gasteiger partial charge in [-0.1, -0.05) is 19.8 Å². The minimum Gasteiger partial charge on any atom is -0.466 e. The van der Waals surface area contributed by atoms with Gasteiger partial charge in [0.2, 0.25) is 0 Å². The van der Waals surface area contributed by atoms with E-state index < -0.39 is 5.54 Å². The van der Waals surface area contributed by atoms with Gasteiger partial charge in [-0.2, -0.15) is 0 Å². The summed E-state index contributed by atoms with van der Waals surface area (Å²) in [6.07, 6.45) is 5.24. The molecule has 0 aromatic carbocycles. The standard InChI is InChI=1S/C18H29N3O4/c1-3-25-15(22)14-7-10-20(11-8-14)12-21-16(23)18(19-17(21)24)9-5-4-6-13(18)2/h13-14H,3-12H2,1-2H3,(H,19,24). The van der Waals surface area contributed by atoms with Crippen LogP contribution in [0.25, 0.3) is 0 Å². The van der Waals surface area contributed by atoms with E-state index >= 15 is 0 Å². The van der Waals surface area contributed by atoms with Crippen molar-refractivity contribution in [2.75, 3.05) is 26.4 Å². The Hall–Kier alpha value is -1.63. The number of nitrogens with one attached hydrogen (secondary N) is 1. The third-order valence-electron chi connectivity index (χ3n) is 6.05. The van der Waals surface area contributed by atoms with Crippen molar-refractivity contribution in [2.45, 2.75) is 57.9 Å². The van der Waals surface area contributed by atoms with Gasteiger partial charge in [-0.05, 0) is 38.5 Å². The molecule has 2 saturated heterocycles. The fourth-order valence-electron chi connectivity index (χ4n) is 4.39. The summed E-state index contributed by atoms with van der Waals surface area (Å²) in [5.74, 6) is -0.0920. The van der Waals surface area contributed by atoms with Crippen molar-refractivity contribution < 1.29 is 19.1 Å². The Morgan fingerprint density at radius 3 is 2.60 bits per heavy atom. The zero-order valence-electron chi connectivity index (χ0n) is 15.3. The number of piperidine rings is 1. The SMILES string of the molecule is CCOC(=O)C1CCN(CN2C(=O)NC3(CCCCC3C)C2=O)CC1. The highest BCUT2D eigenvalue weighted by atomic mass is 16.5. The number of nitrogens with zero attached hydrogens (tertiary/aromatic N) is 2. The lowest BCUT2D eigenvalue weighted by molar-refractivity contribution is -0.150. The van der Waals surface area contributed by atoms with Gasteiger partial charge in [0.25, 0.3) is 5.91 Å². The number of hydrogen-bond donors (Lipinski definition) is 1. The van der Waals surface area contributed by atoms with E-state index in [2.05, 4.69) is 17.1 Å². The van der Waals surface area contributed by atoms with Crippen LogP contribution < -0.4 is 5.32 Å². The Morgan fingerprint density at radius 1 is 1.24 bits per heavy atom. The topological polar surface area (TPSA) is 79.0 Å². The van der Waals surface area contributed by atoms with Crippen LogP contribution in [0.15, 0.2) is 0 Å². The number of ether oxygens (including phenoxy) is 1. The van der Waals surface area contributed by atoms with Crippen molar-refractivity contribution in [3.63, 3.8) is 0 Å². The second kappa shape index (κ2) is 7.32. The van der Waals surface area contributed by atoms with Crippen LogP contribution in [0, 0.1) is 11.8 Å². The van der Waals surface area contributed by atoms with E-state index in [1.807, 2.05) is 6.92 Å². The fraction of sp³-hybridized carbons (Fsp3) is 0.833. The van der Waals surface area contributed by atoms with Gasteiger partial charge in [0, 0.05) is 13.1 Å². The van der Waals surface area contributed by atoms with Gasteiger partial charge >= 0.3 is 12.0 Å². The van der Waals surface area contributed by atoms with Crippen molar-refractivity contribution in [1.82, 2.24) is 15.1 Å². The molecular formula is C18H29N3O4. The third kappa shape index (κ3) is 3.38. The number of esters is 1. The summed E-state index contributed by atoms with van der Waals surface area (Å²) in [4.78, 5) is 40.7. The highest BCUT2D eigenvalue weighted by molar-refractivity contribution is 6.07. The van der Waals surface area contributed by atoms with Gasteiger partial charge in [0.1, 0.15) is 5.54 Å². The number of hydrogen-bond acceptors (Lipinski definition) is 5. The maximum Gasteiger partial charge on any atom is 0.326 e. The van der Waals surface area contributed by atoms with Gasteiger partial charge < -0.3 is 10.1 Å². The predicted molar refractivity (Wildman–Crippen MR) is 91.5 cm³/mol. The van der Waals surface area contributed by atoms with Crippen molar-refractivity contribution in [1.29, 1.82) is 0 Å². The molecule has 1 saturated carbocycles. The predicted octanol–water partition coefficient (Wildman–Crippen LogP) is 1.72. The first-order valence-corrected chi connectivity index (χ1v) is 9.51. The maximum atomic E-state index is 13.0. The van der Waals surface area contributed by atoms with Gasteiger partial charge in [0.15, 0.2) is 0 Å². The van der Waals surface area contributed by atoms with E-state index in [0.717, 1.165) is 25.7 Å². The largest absolute Gasteiger partial charge is 0.466 e. The molecule has 0 aromatic heterocycles. The lowest BCUT2D eigenvalue weighted by Crippen LogP contribution is -2.54. The molecule has 2 atom stereocenters. The zero-order valence-corrected chi connectivity index (χ0v) is 15.3. The molecule has 0 radical (unpaired) electrons. The third-order valence-corrected chi connectivity index (χ3v) is 6.05. The van der Waals surface area contributed by atoms with Crippen LogP contribution in [0.5, 0.6) is 0 Å². The van der Waals surface area contributed by atoms with E-state index in [1.54, 1.807) is 0 Å². The van der Waals surface area contributed by atoms with Crippen molar-refractivity contribution in [2.24, 2.45) is 11.8 Å². The van der Waals surface area contributed by atoms with E-state index in [-0.39, 0.29) is 29.7 Å². The number of imide groups is 1. The van der Waals surface area contributed by atoms with E-state index in [9.17, 15) is 14.4 Å². The van der Waals surface area contributed by atoms with E-state index in [4.69, 9.17) is 4.74 Å². The molecule has 7 nitrogen and oxygen atoms in total. The smallest absolute Gasteiger partial charge is 0.326 e. The fourth-order valence-corrected chi connectivity index (χ4v) is 4.39. The Kier molecular flexibility index (Phi) is 5.32. The van der Waals surface area contributed by atoms with E-state index in [1.165, 1.54) is 4.90 Å². The molecule has 3 amide bonds. The molecular weight excluding hydrogens is 322 g/mol. The molecule has 1 aliphatic carbocycles. The molecule has 25 heavy (non-hydrogen) atoms. The average molecular weight is 351 g/mol. The number of likely N-dealkylation sites (tertiary alicyclic amines) is 1. The normalized spacial score (nSPS) is 31.4. The molecule has 3 aliphatic rings. The second-order valence-corrected chi connectivity index (χ2v) is 7.57. The maximum absolute atomic E-state index is 13.0. The number of carbonyl (C=O) groups excluding carboxylic acids is 3. The first kappa shape index (κ1) is 18.2. The lowest BCUT2D eigenvalue weighted by atomic mass is 9.73. The molecule has 2 aliphatic heterocycles.